The quantitative estimate of drug-likeness (QED) is 0.276. The first-order valence-electron chi connectivity index (χ1n) is 9.94. The summed E-state index contributed by atoms with van der Waals surface area (Å²) < 4.78 is 3.23. The molecule has 4 aromatic rings. The van der Waals surface area contributed by atoms with E-state index in [0.717, 1.165) is 33.1 Å². The van der Waals surface area contributed by atoms with Crippen LogP contribution in [0.25, 0.3) is 21.8 Å². The van der Waals surface area contributed by atoms with Gasteiger partial charge in [-0.15, -0.1) is 0 Å². The van der Waals surface area contributed by atoms with E-state index >= 15 is 0 Å². The minimum atomic E-state index is 0.516. The van der Waals surface area contributed by atoms with Gasteiger partial charge in [0.2, 0.25) is 0 Å². The number of fused-ring (bicyclic) bond motifs is 2. The molecule has 2 atom stereocenters. The van der Waals surface area contributed by atoms with Crippen molar-refractivity contribution in [3.8, 4) is 0 Å². The molecule has 148 valence electrons. The SMILES string of the molecule is Clc1nc2cc(CCC3CCC(n4ccc5c(Cl)nccc54)C3)ccc2cc1Br. The lowest BCUT2D eigenvalue weighted by Crippen LogP contribution is -2.05. The van der Waals surface area contributed by atoms with Crippen molar-refractivity contribution in [3.05, 3.63) is 69.1 Å². The van der Waals surface area contributed by atoms with Crippen molar-refractivity contribution in [1.29, 1.82) is 0 Å². The monoisotopic (exact) mass is 487 g/mol. The van der Waals surface area contributed by atoms with Crippen LogP contribution in [0.1, 0.15) is 37.3 Å². The Morgan fingerprint density at radius 3 is 2.86 bits per heavy atom. The van der Waals surface area contributed by atoms with E-state index in [2.05, 4.69) is 67.0 Å². The maximum absolute atomic E-state index is 6.24. The van der Waals surface area contributed by atoms with Crippen LogP contribution in [0, 0.1) is 5.92 Å². The van der Waals surface area contributed by atoms with Crippen LogP contribution >= 0.6 is 39.1 Å². The number of aryl methyl sites for hydroxylation is 1. The highest BCUT2D eigenvalue weighted by molar-refractivity contribution is 9.10. The summed E-state index contributed by atoms with van der Waals surface area (Å²) in [7, 11) is 0. The van der Waals surface area contributed by atoms with Gasteiger partial charge in [0, 0.05) is 29.2 Å². The number of aromatic nitrogens is 3. The minimum Gasteiger partial charge on any atom is -0.344 e. The maximum atomic E-state index is 6.24. The lowest BCUT2D eigenvalue weighted by atomic mass is 9.97. The third-order valence-corrected chi connectivity index (χ3v) is 7.56. The topological polar surface area (TPSA) is 30.7 Å². The maximum Gasteiger partial charge on any atom is 0.143 e. The van der Waals surface area contributed by atoms with Crippen molar-refractivity contribution >= 4 is 60.9 Å². The van der Waals surface area contributed by atoms with Gasteiger partial charge in [0.1, 0.15) is 10.3 Å². The van der Waals surface area contributed by atoms with Crippen molar-refractivity contribution in [2.75, 3.05) is 0 Å². The molecule has 3 aromatic heterocycles. The zero-order chi connectivity index (χ0) is 20.0. The minimum absolute atomic E-state index is 0.516. The van der Waals surface area contributed by atoms with Gasteiger partial charge in [-0.1, -0.05) is 35.3 Å². The molecule has 0 amide bonds. The molecule has 1 aliphatic rings. The number of rotatable bonds is 4. The van der Waals surface area contributed by atoms with E-state index in [-0.39, 0.29) is 0 Å². The molecule has 29 heavy (non-hydrogen) atoms. The van der Waals surface area contributed by atoms with Crippen LogP contribution in [-0.4, -0.2) is 14.5 Å². The van der Waals surface area contributed by atoms with E-state index in [1.807, 2.05) is 6.07 Å². The van der Waals surface area contributed by atoms with Crippen LogP contribution in [0.15, 0.2) is 53.3 Å². The summed E-state index contributed by atoms with van der Waals surface area (Å²) in [6, 6.07) is 13.3. The van der Waals surface area contributed by atoms with Gasteiger partial charge in [-0.25, -0.2) is 9.97 Å². The molecule has 0 N–H and O–H groups in total. The Hall–Kier alpha value is -1.62. The zero-order valence-corrected chi connectivity index (χ0v) is 18.9. The molecule has 0 radical (unpaired) electrons. The summed E-state index contributed by atoms with van der Waals surface area (Å²) in [5.41, 5.74) is 3.49. The number of hydrogen-bond donors (Lipinski definition) is 0. The van der Waals surface area contributed by atoms with Gasteiger partial charge in [-0.3, -0.25) is 0 Å². The molecule has 2 unspecified atom stereocenters. The molecule has 1 aromatic carbocycles. The Kier molecular flexibility index (Phi) is 5.27. The molecule has 1 fully saturated rings. The molecular formula is C23H20BrCl2N3. The second-order valence-electron chi connectivity index (χ2n) is 7.92. The number of pyridine rings is 2. The first kappa shape index (κ1) is 19.3. The Labute approximate surface area is 188 Å². The lowest BCUT2D eigenvalue weighted by Gasteiger charge is -2.15. The molecule has 3 nitrogen and oxygen atoms in total. The normalized spacial score (nSPS) is 19.4. The van der Waals surface area contributed by atoms with Gasteiger partial charge >= 0.3 is 0 Å². The van der Waals surface area contributed by atoms with Gasteiger partial charge in [0.25, 0.3) is 0 Å². The fraction of sp³-hybridized carbons (Fsp3) is 0.304. The molecule has 0 aliphatic heterocycles. The van der Waals surface area contributed by atoms with Crippen LogP contribution in [-0.2, 0) is 6.42 Å². The van der Waals surface area contributed by atoms with Crippen molar-refractivity contribution in [3.63, 3.8) is 0 Å². The van der Waals surface area contributed by atoms with Crippen LogP contribution < -0.4 is 0 Å². The molecule has 0 bridgehead atoms. The van der Waals surface area contributed by atoms with Crippen LogP contribution in [0.5, 0.6) is 0 Å². The standard InChI is InChI=1S/C23H20BrCl2N3/c24-19-13-16-5-3-15(12-20(16)28-23(19)26)2-1-14-4-6-17(11-14)29-10-8-18-21(29)7-9-27-22(18)25/h3,5,7-10,12-14,17H,1-2,4,6,11H2. The molecular weight excluding hydrogens is 469 g/mol. The highest BCUT2D eigenvalue weighted by atomic mass is 79.9. The second kappa shape index (κ2) is 7.90. The second-order valence-corrected chi connectivity index (χ2v) is 9.49. The van der Waals surface area contributed by atoms with E-state index < -0.39 is 0 Å². The van der Waals surface area contributed by atoms with Gasteiger partial charge in [-0.05, 0) is 83.8 Å². The average molecular weight is 489 g/mol. The Bertz CT molecular complexity index is 1200. The van der Waals surface area contributed by atoms with Gasteiger partial charge in [0.15, 0.2) is 0 Å². The summed E-state index contributed by atoms with van der Waals surface area (Å²) in [5.74, 6) is 0.743. The summed E-state index contributed by atoms with van der Waals surface area (Å²) in [4.78, 5) is 8.69. The predicted molar refractivity (Wildman–Crippen MR) is 124 cm³/mol. The number of halogens is 3. The van der Waals surface area contributed by atoms with Crippen molar-refractivity contribution in [2.24, 2.45) is 5.92 Å². The van der Waals surface area contributed by atoms with Crippen LogP contribution in [0.2, 0.25) is 10.3 Å². The summed E-state index contributed by atoms with van der Waals surface area (Å²) in [6.45, 7) is 0. The Morgan fingerprint density at radius 2 is 1.97 bits per heavy atom. The van der Waals surface area contributed by atoms with Gasteiger partial charge in [-0.2, -0.15) is 0 Å². The highest BCUT2D eigenvalue weighted by Crippen LogP contribution is 2.39. The Balaban J connectivity index is 1.27. The first-order valence-corrected chi connectivity index (χ1v) is 11.5. The fourth-order valence-corrected chi connectivity index (χ4v) is 5.32. The largest absolute Gasteiger partial charge is 0.344 e. The summed E-state index contributed by atoms with van der Waals surface area (Å²) in [6.07, 6.45) is 9.95. The first-order chi connectivity index (χ1) is 14.1. The molecule has 0 spiro atoms. The summed E-state index contributed by atoms with van der Waals surface area (Å²) >= 11 is 15.9. The van der Waals surface area contributed by atoms with Gasteiger partial charge in [0.05, 0.1) is 15.5 Å². The average Bonchev–Trinajstić information content (AvgIpc) is 3.35. The number of benzene rings is 1. The smallest absolute Gasteiger partial charge is 0.143 e. The van der Waals surface area contributed by atoms with E-state index in [9.17, 15) is 0 Å². The number of hydrogen-bond acceptors (Lipinski definition) is 2. The number of nitrogens with zero attached hydrogens (tertiary/aromatic N) is 3. The molecule has 1 aliphatic carbocycles. The molecule has 0 saturated heterocycles. The van der Waals surface area contributed by atoms with E-state index in [1.54, 1.807) is 6.20 Å². The van der Waals surface area contributed by atoms with Crippen LogP contribution in [0.3, 0.4) is 0 Å². The van der Waals surface area contributed by atoms with Crippen molar-refractivity contribution in [2.45, 2.75) is 38.1 Å². The van der Waals surface area contributed by atoms with Crippen LogP contribution in [0.4, 0.5) is 0 Å². The lowest BCUT2D eigenvalue weighted by molar-refractivity contribution is 0.462. The Morgan fingerprint density at radius 1 is 1.07 bits per heavy atom. The van der Waals surface area contributed by atoms with E-state index in [1.165, 1.54) is 36.8 Å². The third kappa shape index (κ3) is 3.78. The predicted octanol–water partition coefficient (Wildman–Crippen LogP) is 7.63. The van der Waals surface area contributed by atoms with E-state index in [4.69, 9.17) is 23.2 Å². The molecule has 5 rings (SSSR count). The summed E-state index contributed by atoms with van der Waals surface area (Å²) in [5, 5.41) is 3.26. The van der Waals surface area contributed by atoms with Gasteiger partial charge < -0.3 is 4.57 Å². The molecule has 3 heterocycles. The molecule has 6 heteroatoms. The van der Waals surface area contributed by atoms with Crippen molar-refractivity contribution in [1.82, 2.24) is 14.5 Å². The zero-order valence-electron chi connectivity index (χ0n) is 15.8. The third-order valence-electron chi connectivity index (χ3n) is 6.14. The molecule has 1 saturated carbocycles. The highest BCUT2D eigenvalue weighted by Gasteiger charge is 2.26. The van der Waals surface area contributed by atoms with Crippen molar-refractivity contribution < 1.29 is 0 Å². The fourth-order valence-electron chi connectivity index (χ4n) is 4.62. The van der Waals surface area contributed by atoms with E-state index in [0.29, 0.717) is 16.3 Å².